The molecule has 0 aromatic heterocycles. The first-order chi connectivity index (χ1) is 50.5. The zero-order valence-corrected chi connectivity index (χ0v) is 78.3. The minimum atomic E-state index is -3.15. The van der Waals surface area contributed by atoms with Gasteiger partial charge >= 0.3 is 123 Å². The Labute approximate surface area is 727 Å². The predicted octanol–water partition coefficient (Wildman–Crippen LogP) is 18.5. The topological polar surface area (TPSA) is 186 Å². The molecule has 17 heteroatoms. The molecule has 1 atom stereocenters. The summed E-state index contributed by atoms with van der Waals surface area (Å²) in [6.07, 6.45) is 2.77. The molecule has 0 bridgehead atoms. The molecule has 10 aromatic rings. The summed E-state index contributed by atoms with van der Waals surface area (Å²) in [5, 5.41) is 51.3. The second-order valence-electron chi connectivity index (χ2n) is 28.9. The molecule has 536 valence electrons. The fraction of sp³-hybridized carbons (Fsp3) is 0.297. The van der Waals surface area contributed by atoms with Crippen molar-refractivity contribution in [1.29, 1.82) is 21.0 Å². The molecule has 0 amide bonds. The van der Waals surface area contributed by atoms with Gasteiger partial charge in [-0.2, -0.15) is 21.0 Å². The number of nitrogens with zero attached hydrogens (tertiary/aromatic N) is 6. The third kappa shape index (κ3) is 16.0. The zero-order chi connectivity index (χ0) is 79.3. The minimum absolute atomic E-state index is 0. The molecule has 11 nitrogen and oxygen atoms in total. The van der Waals surface area contributed by atoms with Crippen molar-refractivity contribution < 1.29 is 79.6 Å². The van der Waals surface area contributed by atoms with Crippen molar-refractivity contribution in [1.82, 2.24) is 0 Å². The molecule has 3 heterocycles. The van der Waals surface area contributed by atoms with E-state index in [1.54, 1.807) is 12.1 Å². The average molecular weight is 1530 g/mol. The van der Waals surface area contributed by atoms with Crippen LogP contribution in [0.3, 0.4) is 0 Å². The summed E-state index contributed by atoms with van der Waals surface area (Å²) in [6.45, 7) is 54.0. The molecule has 0 spiro atoms. The second-order valence-corrected chi connectivity index (χ2v) is 29.5. The van der Waals surface area contributed by atoms with Crippen molar-refractivity contribution >= 4 is 117 Å². The van der Waals surface area contributed by atoms with Crippen LogP contribution >= 0.6 is 8.25 Å². The van der Waals surface area contributed by atoms with Crippen LogP contribution in [-0.2, 0) is 28.5 Å². The van der Waals surface area contributed by atoms with Gasteiger partial charge in [0.2, 0.25) is 0 Å². The van der Waals surface area contributed by atoms with Gasteiger partial charge in [-0.05, 0) is 408 Å². The van der Waals surface area contributed by atoms with Gasteiger partial charge in [-0.1, -0.05) is 24.3 Å². The number of halogens is 2. The van der Waals surface area contributed by atoms with E-state index in [-0.39, 0.29) is 62.5 Å². The Morgan fingerprint density at radius 1 is 0.352 bits per heavy atom. The van der Waals surface area contributed by atoms with Crippen molar-refractivity contribution in [2.75, 3.05) is 15.1 Å². The number of hydrogen-bond acceptors (Lipinski definition) is 11. The number of rotatable bonds is 5. The summed E-state index contributed by atoms with van der Waals surface area (Å²) in [5.74, 6) is -1.31. The molecule has 0 aliphatic carbocycles. The number of fused-ring (bicyclic) bond motifs is 6. The monoisotopic (exact) mass is 1530 g/mol. The van der Waals surface area contributed by atoms with Gasteiger partial charge in [0, 0.05) is 30.6 Å². The van der Waals surface area contributed by atoms with Gasteiger partial charge in [-0.15, -0.1) is 0 Å². The Hall–Kier alpha value is -5.69. The summed E-state index contributed by atoms with van der Waals surface area (Å²) in [6, 6.07) is 29.3. The van der Waals surface area contributed by atoms with E-state index in [0.717, 1.165) is 41.8 Å². The molecule has 108 heavy (non-hydrogen) atoms. The summed E-state index contributed by atoms with van der Waals surface area (Å²) >= 11 is 2.50. The number of hydrogen-bond donors (Lipinski definition) is 1. The number of nitriles is 4. The van der Waals surface area contributed by atoms with Crippen LogP contribution in [0, 0.1) is 223 Å². The molecule has 1 N–H and O–H groups in total. The Morgan fingerprint density at radius 2 is 0.556 bits per heavy atom. The van der Waals surface area contributed by atoms with Gasteiger partial charge in [-0.3, -0.25) is 0 Å². The van der Waals surface area contributed by atoms with E-state index in [4.69, 9.17) is 25.2 Å². The van der Waals surface area contributed by atoms with E-state index in [0.29, 0.717) is 22.3 Å². The summed E-state index contributed by atoms with van der Waals surface area (Å²) in [7, 11) is -3.15. The molecule has 10 aromatic carbocycles. The maximum absolute atomic E-state index is 13.4. The molecule has 3 aliphatic rings. The predicted molar refractivity (Wildman–Crippen MR) is 430 cm³/mol. The molecular weight excluding hydrogens is 1440 g/mol. The van der Waals surface area contributed by atoms with E-state index < -0.39 is 19.9 Å². The summed E-state index contributed by atoms with van der Waals surface area (Å²) < 4.78 is 38.2. The Bertz CT molecular complexity index is 5080. The molecule has 3 aliphatic heterocycles. The molecule has 1 unspecified atom stereocenters. The van der Waals surface area contributed by atoms with Crippen molar-refractivity contribution in [3.63, 3.8) is 0 Å². The summed E-state index contributed by atoms with van der Waals surface area (Å²) in [5.41, 5.74) is 53.8. The van der Waals surface area contributed by atoms with E-state index in [1.165, 1.54) is 301 Å². The van der Waals surface area contributed by atoms with E-state index in [1.807, 2.05) is 12.1 Å². The van der Waals surface area contributed by atoms with Crippen molar-refractivity contribution in [2.45, 2.75) is 185 Å². The first kappa shape index (κ1) is 87.9. The second kappa shape index (κ2) is 36.0. The standard InChI is InChI=1S/C56H58N4.C21H27N.C14H6F2N2.3K.HO4P/c1-27-31(5)39(13)53-47(35(27)9)23-48-36(10)28(2)32(6)40(14)54(48)59(53)51-21-43(17-19-45(51)25-57)44-18-20-46(26-58)52(22-44)60-55-41(15)33(7)29(3)37(11)49(55)24-50-38(12)30(4)34(8)42(16)56(50)60;1-10-12(3)16(7)20-18(14(10)5)9-19-15(6)11(2)13(4)17(8)21(19)22-20;15-13-5-9(1-3-11(13)7-17)10-2-4-12(8-18)14(16)6-10;;;;1-4-5(2)3/h17-22H,23-24H2,1-16H3;22H,9H2,1-8H3;1-6H;;;;1H/q;;;;;+1;/p-1. The first-order valence-electron chi connectivity index (χ1n) is 36.4. The van der Waals surface area contributed by atoms with Gasteiger partial charge in [-0.25, -0.2) is 13.5 Å². The fourth-order valence-corrected chi connectivity index (χ4v) is 16.0. The summed E-state index contributed by atoms with van der Waals surface area (Å²) in [4.78, 5) is 13.7. The molecule has 0 saturated heterocycles. The van der Waals surface area contributed by atoms with Crippen LogP contribution in [0.4, 0.5) is 54.3 Å². The quantitative estimate of drug-likeness (QED) is 0.0748. The van der Waals surface area contributed by atoms with E-state index in [9.17, 15) is 19.3 Å². The normalized spacial score (nSPS) is 11.9. The van der Waals surface area contributed by atoms with Crippen LogP contribution in [0.25, 0.3) is 22.3 Å². The number of anilines is 8. The Balaban J connectivity index is 0.000000247. The fourth-order valence-electron chi connectivity index (χ4n) is 16.0. The van der Waals surface area contributed by atoms with Gasteiger partial charge < -0.3 is 25.3 Å². The van der Waals surface area contributed by atoms with Crippen molar-refractivity contribution in [2.24, 2.45) is 0 Å². The van der Waals surface area contributed by atoms with Crippen molar-refractivity contribution in [3.05, 3.63) is 274 Å². The Morgan fingerprint density at radius 3 is 0.787 bits per heavy atom. The molecule has 0 radical (unpaired) electrons. The molecule has 0 saturated carbocycles. The molecule has 0 fully saturated rings. The van der Waals surface area contributed by atoms with Gasteiger partial charge in [0.1, 0.15) is 35.9 Å². The van der Waals surface area contributed by atoms with Crippen LogP contribution in [0.5, 0.6) is 0 Å². The zero-order valence-electron chi connectivity index (χ0n) is 68.1. The van der Waals surface area contributed by atoms with Gasteiger partial charge in [0.15, 0.2) is 0 Å². The van der Waals surface area contributed by atoms with Crippen molar-refractivity contribution in [3.8, 4) is 46.5 Å². The molecular formula is C91H91F2K3N7O4P. The number of nitrogens with one attached hydrogen (secondary N) is 1. The van der Waals surface area contributed by atoms with E-state index in [2.05, 4.69) is 222 Å². The Kier molecular flexibility index (Phi) is 29.3. The van der Waals surface area contributed by atoms with Crippen LogP contribution in [0.2, 0.25) is 0 Å². The molecule has 13 rings (SSSR count). The first-order valence-corrected chi connectivity index (χ1v) is 53.5. The third-order valence-corrected chi connectivity index (χ3v) is 24.7. The van der Waals surface area contributed by atoms with Crippen LogP contribution < -0.4 is 76.7 Å². The van der Waals surface area contributed by atoms with Crippen LogP contribution in [-0.4, -0.2) is 63.2 Å². The van der Waals surface area contributed by atoms with E-state index >= 15 is 0 Å². The van der Waals surface area contributed by atoms with Crippen LogP contribution in [0.15, 0.2) is 72.8 Å². The average Bonchev–Trinajstić information content (AvgIpc) is 0.724. The van der Waals surface area contributed by atoms with Gasteiger partial charge in [0.25, 0.3) is 0 Å². The SMILES string of the molecule is Cc1c(C)c(C)c2c(c1C)Cc1c(C)c(C)c(C)c(C)c1N2.Cc1c(C)c(C)c2c(c1C)Cc1c(C)c(C)c(C)c(C)c1N2c1cc(-c2ccc(C#N)c(N3c4c(C)c(C)c(C)c(C)c4Cc4c(C)c(C)c(C)c(C)c43)c2)ccc1C#N.N#Cc1ccc(-c2ccc(C#N)c(F)c2)cc1F.O=[P+]([O-])O[O-].[K+].[K][K]. The number of benzene rings is 10. The van der Waals surface area contributed by atoms with Gasteiger partial charge in [0.05, 0.1) is 56.4 Å². The third-order valence-electron chi connectivity index (χ3n) is 24.6. The van der Waals surface area contributed by atoms with Crippen LogP contribution in [0.1, 0.15) is 189 Å². The maximum atomic E-state index is 13.4.